The van der Waals surface area contributed by atoms with E-state index in [1.165, 1.54) is 4.90 Å². The molecule has 0 radical (unpaired) electrons. The van der Waals surface area contributed by atoms with Gasteiger partial charge in [-0.05, 0) is 6.07 Å². The largest absolute Gasteiger partial charge is 0.504 e. The molecule has 4 nitrogen and oxygen atoms in total. The second-order valence-corrected chi connectivity index (χ2v) is 4.78. The highest BCUT2D eigenvalue weighted by Gasteiger charge is 2.46. The number of benzene rings is 1. The molecule has 1 aliphatic heterocycles. The lowest BCUT2D eigenvalue weighted by Gasteiger charge is -2.36. The van der Waals surface area contributed by atoms with Gasteiger partial charge in [-0.2, -0.15) is 13.2 Å². The summed E-state index contributed by atoms with van der Waals surface area (Å²) in [7, 11) is 1.16. The van der Waals surface area contributed by atoms with Crippen molar-refractivity contribution in [1.29, 1.82) is 0 Å². The molecule has 21 heavy (non-hydrogen) atoms. The highest BCUT2D eigenvalue weighted by molar-refractivity contribution is 5.48. The van der Waals surface area contributed by atoms with E-state index in [1.807, 2.05) is 0 Å². The first-order chi connectivity index (χ1) is 9.84. The average Bonchev–Trinajstić information content (AvgIpc) is 2.42. The van der Waals surface area contributed by atoms with Gasteiger partial charge in [0.2, 0.25) is 0 Å². The Kier molecular flexibility index (Phi) is 4.58. The van der Waals surface area contributed by atoms with Gasteiger partial charge in [-0.15, -0.1) is 0 Å². The first-order valence-electron chi connectivity index (χ1n) is 6.42. The fraction of sp³-hybridized carbons (Fsp3) is 0.538. The van der Waals surface area contributed by atoms with Gasteiger partial charge in [0, 0.05) is 37.8 Å². The lowest BCUT2D eigenvalue weighted by atomic mass is 10.0. The van der Waals surface area contributed by atoms with Crippen LogP contribution < -0.4 is 10.1 Å². The van der Waals surface area contributed by atoms with E-state index in [-0.39, 0.29) is 18.8 Å². The van der Waals surface area contributed by atoms with Gasteiger partial charge in [-0.25, -0.2) is 4.39 Å². The summed E-state index contributed by atoms with van der Waals surface area (Å²) in [6.07, 6.45) is -4.63. The predicted octanol–water partition coefficient (Wildman–Crippen LogP) is 2.05. The van der Waals surface area contributed by atoms with Gasteiger partial charge in [-0.1, -0.05) is 0 Å². The Balaban J connectivity index is 2.48. The Morgan fingerprint density at radius 2 is 1.90 bits per heavy atom. The maximum Gasteiger partial charge on any atom is 0.408 e. The number of aromatic hydroxyl groups is 1. The van der Waals surface area contributed by atoms with Crippen molar-refractivity contribution in [2.45, 2.75) is 12.2 Å². The number of hydrogen-bond donors (Lipinski definition) is 2. The van der Waals surface area contributed by atoms with Gasteiger partial charge in [0.05, 0.1) is 7.11 Å². The van der Waals surface area contributed by atoms with Crippen LogP contribution in [-0.2, 0) is 0 Å². The van der Waals surface area contributed by atoms with Crippen molar-refractivity contribution in [3.05, 3.63) is 23.5 Å². The molecule has 2 N–H and O–H groups in total. The molecule has 0 aromatic heterocycles. The number of phenols is 1. The van der Waals surface area contributed by atoms with Crippen molar-refractivity contribution in [1.82, 2.24) is 10.2 Å². The van der Waals surface area contributed by atoms with Gasteiger partial charge < -0.3 is 15.2 Å². The molecule has 0 aliphatic carbocycles. The minimum absolute atomic E-state index is 0.155. The molecule has 1 saturated heterocycles. The van der Waals surface area contributed by atoms with Crippen LogP contribution in [0.3, 0.4) is 0 Å². The molecule has 1 heterocycles. The normalized spacial score (nSPS) is 18.5. The summed E-state index contributed by atoms with van der Waals surface area (Å²) >= 11 is 0. The molecule has 1 aromatic rings. The second kappa shape index (κ2) is 6.07. The lowest BCUT2D eigenvalue weighted by Crippen LogP contribution is -2.49. The van der Waals surface area contributed by atoms with Gasteiger partial charge in [0.15, 0.2) is 11.5 Å². The number of piperazine rings is 1. The third-order valence-corrected chi connectivity index (χ3v) is 3.41. The monoisotopic (exact) mass is 308 g/mol. The third kappa shape index (κ3) is 3.38. The second-order valence-electron chi connectivity index (χ2n) is 4.78. The molecule has 0 saturated carbocycles. The van der Waals surface area contributed by atoms with E-state index in [0.29, 0.717) is 19.2 Å². The minimum Gasteiger partial charge on any atom is -0.504 e. The number of alkyl halides is 3. The quantitative estimate of drug-likeness (QED) is 0.839. The molecular formula is C13H16F4N2O2. The molecule has 0 bridgehead atoms. The Hall–Kier alpha value is -1.54. The van der Waals surface area contributed by atoms with Gasteiger partial charge >= 0.3 is 6.18 Å². The van der Waals surface area contributed by atoms with Gasteiger partial charge in [0.25, 0.3) is 0 Å². The van der Waals surface area contributed by atoms with E-state index in [4.69, 9.17) is 4.74 Å². The van der Waals surface area contributed by atoms with E-state index in [1.54, 1.807) is 0 Å². The average molecular weight is 308 g/mol. The molecule has 0 amide bonds. The number of nitrogens with zero attached hydrogens (tertiary/aromatic N) is 1. The summed E-state index contributed by atoms with van der Waals surface area (Å²) in [5.41, 5.74) is -0.527. The SMILES string of the molecule is COc1cc(F)cc([C@H](N2CCNCC2)C(F)(F)F)c1O. The van der Waals surface area contributed by atoms with Crippen molar-refractivity contribution in [2.75, 3.05) is 33.3 Å². The molecule has 1 aliphatic rings. The number of rotatable bonds is 3. The Morgan fingerprint density at radius 1 is 1.29 bits per heavy atom. The fourth-order valence-corrected chi connectivity index (χ4v) is 2.48. The zero-order chi connectivity index (χ0) is 15.6. The third-order valence-electron chi connectivity index (χ3n) is 3.41. The van der Waals surface area contributed by atoms with Crippen LogP contribution in [0.1, 0.15) is 11.6 Å². The van der Waals surface area contributed by atoms with Gasteiger partial charge in [-0.3, -0.25) is 4.90 Å². The number of methoxy groups -OCH3 is 1. The molecule has 1 aromatic carbocycles. The Bertz CT molecular complexity index is 502. The summed E-state index contributed by atoms with van der Waals surface area (Å²) in [4.78, 5) is 1.17. The van der Waals surface area contributed by atoms with Crippen molar-refractivity contribution in [2.24, 2.45) is 0 Å². The zero-order valence-electron chi connectivity index (χ0n) is 11.4. The topological polar surface area (TPSA) is 44.7 Å². The summed E-state index contributed by atoms with van der Waals surface area (Å²) in [6, 6.07) is -0.508. The van der Waals surface area contributed by atoms with E-state index in [2.05, 4.69) is 5.32 Å². The highest BCUT2D eigenvalue weighted by Crippen LogP contribution is 2.44. The summed E-state index contributed by atoms with van der Waals surface area (Å²) < 4.78 is 58.5. The van der Waals surface area contributed by atoms with Crippen LogP contribution in [0.5, 0.6) is 11.5 Å². The van der Waals surface area contributed by atoms with Crippen LogP contribution in [0.4, 0.5) is 17.6 Å². The van der Waals surface area contributed by atoms with E-state index < -0.39 is 29.3 Å². The Morgan fingerprint density at radius 3 is 2.43 bits per heavy atom. The summed E-state index contributed by atoms with van der Waals surface area (Å²) in [5, 5.41) is 12.9. The van der Waals surface area contributed by atoms with Gasteiger partial charge in [0.1, 0.15) is 11.9 Å². The molecule has 0 unspecified atom stereocenters. The van der Waals surface area contributed by atoms with Crippen LogP contribution in [0, 0.1) is 5.82 Å². The number of ether oxygens (including phenoxy) is 1. The molecule has 118 valence electrons. The van der Waals surface area contributed by atoms with Crippen LogP contribution in [0.25, 0.3) is 0 Å². The fourth-order valence-electron chi connectivity index (χ4n) is 2.48. The van der Waals surface area contributed by atoms with Crippen molar-refractivity contribution < 1.29 is 27.4 Å². The number of phenolic OH excluding ortho intramolecular Hbond substituents is 1. The predicted molar refractivity (Wildman–Crippen MR) is 67.9 cm³/mol. The lowest BCUT2D eigenvalue weighted by molar-refractivity contribution is -0.188. The van der Waals surface area contributed by atoms with Crippen molar-refractivity contribution >= 4 is 0 Å². The van der Waals surface area contributed by atoms with Crippen LogP contribution >= 0.6 is 0 Å². The standard InChI is InChI=1S/C13H16F4N2O2/c1-21-10-7-8(14)6-9(11(10)20)12(13(15,16)17)19-4-2-18-3-5-19/h6-7,12,18,20H,2-5H2,1H3/t12-/m0/s1. The van der Waals surface area contributed by atoms with Crippen molar-refractivity contribution in [3.63, 3.8) is 0 Å². The molecule has 2 rings (SSSR count). The first kappa shape index (κ1) is 15.8. The number of hydrogen-bond acceptors (Lipinski definition) is 4. The molecule has 0 spiro atoms. The maximum absolute atomic E-state index is 13.5. The molecule has 1 atom stereocenters. The van der Waals surface area contributed by atoms with E-state index >= 15 is 0 Å². The Labute approximate surface area is 119 Å². The maximum atomic E-state index is 13.5. The van der Waals surface area contributed by atoms with Crippen molar-refractivity contribution in [3.8, 4) is 11.5 Å². The summed E-state index contributed by atoms with van der Waals surface area (Å²) in [6.45, 7) is 1.12. The minimum atomic E-state index is -4.63. The van der Waals surface area contributed by atoms with Crippen LogP contribution in [-0.4, -0.2) is 49.5 Å². The summed E-state index contributed by atoms with van der Waals surface area (Å²) in [5.74, 6) is -1.88. The smallest absolute Gasteiger partial charge is 0.408 e. The van der Waals surface area contributed by atoms with E-state index in [9.17, 15) is 22.7 Å². The van der Waals surface area contributed by atoms with Crippen LogP contribution in [0.2, 0.25) is 0 Å². The molecule has 1 fully saturated rings. The number of halogens is 4. The molecule has 8 heteroatoms. The van der Waals surface area contributed by atoms with Crippen LogP contribution in [0.15, 0.2) is 12.1 Å². The number of nitrogens with one attached hydrogen (secondary N) is 1. The van der Waals surface area contributed by atoms with E-state index in [0.717, 1.165) is 13.2 Å². The molecular weight excluding hydrogens is 292 g/mol. The highest BCUT2D eigenvalue weighted by atomic mass is 19.4. The first-order valence-corrected chi connectivity index (χ1v) is 6.42. The zero-order valence-corrected chi connectivity index (χ0v) is 11.4.